The van der Waals surface area contributed by atoms with Gasteiger partial charge in [-0.15, -0.1) is 23.1 Å². The summed E-state index contributed by atoms with van der Waals surface area (Å²) in [4.78, 5) is 18.2. The van der Waals surface area contributed by atoms with Gasteiger partial charge in [0.05, 0.1) is 5.69 Å². The summed E-state index contributed by atoms with van der Waals surface area (Å²) in [5.41, 5.74) is 2.65. The van der Waals surface area contributed by atoms with E-state index in [1.165, 1.54) is 16.2 Å². The highest BCUT2D eigenvalue weighted by molar-refractivity contribution is 7.99. The topological polar surface area (TPSA) is 44.4 Å². The Morgan fingerprint density at radius 2 is 1.74 bits per heavy atom. The van der Waals surface area contributed by atoms with Gasteiger partial charge in [0.2, 0.25) is 0 Å². The van der Waals surface area contributed by atoms with Gasteiger partial charge in [-0.1, -0.05) is 37.6 Å². The first-order valence-electron chi connectivity index (χ1n) is 10.4. The number of anilines is 2. The van der Waals surface area contributed by atoms with E-state index in [9.17, 15) is 4.79 Å². The van der Waals surface area contributed by atoms with Gasteiger partial charge in [-0.05, 0) is 61.1 Å². The Bertz CT molecular complexity index is 983. The molecule has 164 valence electrons. The van der Waals surface area contributed by atoms with Crippen molar-refractivity contribution < 1.29 is 4.79 Å². The number of thioether (sulfide) groups is 1. The number of carbonyl (C=O) groups is 1. The molecule has 7 heteroatoms. The van der Waals surface area contributed by atoms with E-state index in [1.807, 2.05) is 61.3 Å². The molecule has 2 aromatic carbocycles. The molecule has 3 rings (SSSR count). The van der Waals surface area contributed by atoms with E-state index < -0.39 is 0 Å². The van der Waals surface area contributed by atoms with E-state index >= 15 is 0 Å². The molecule has 1 amide bonds. The number of rotatable bonds is 10. The highest BCUT2D eigenvalue weighted by Gasteiger charge is 2.17. The molecule has 31 heavy (non-hydrogen) atoms. The van der Waals surface area contributed by atoms with Crippen molar-refractivity contribution in [2.75, 3.05) is 43.1 Å². The molecule has 0 saturated heterocycles. The van der Waals surface area contributed by atoms with Gasteiger partial charge < -0.3 is 15.5 Å². The number of amides is 1. The van der Waals surface area contributed by atoms with Gasteiger partial charge >= 0.3 is 0 Å². The maximum absolute atomic E-state index is 12.9. The van der Waals surface area contributed by atoms with Gasteiger partial charge in [0, 0.05) is 39.8 Å². The zero-order valence-corrected chi connectivity index (χ0v) is 20.5. The maximum Gasteiger partial charge on any atom is 0.267 e. The van der Waals surface area contributed by atoms with Crippen molar-refractivity contribution in [3.8, 4) is 10.4 Å². The van der Waals surface area contributed by atoms with Crippen molar-refractivity contribution >= 4 is 52.0 Å². The Morgan fingerprint density at radius 1 is 1.06 bits per heavy atom. The largest absolute Gasteiger partial charge is 0.387 e. The van der Waals surface area contributed by atoms with Crippen LogP contribution in [0.4, 0.5) is 11.4 Å². The zero-order valence-electron chi connectivity index (χ0n) is 18.1. The molecule has 0 saturated carbocycles. The van der Waals surface area contributed by atoms with Crippen molar-refractivity contribution in [2.24, 2.45) is 0 Å². The van der Waals surface area contributed by atoms with Crippen LogP contribution in [-0.2, 0) is 0 Å². The molecule has 0 spiro atoms. The summed E-state index contributed by atoms with van der Waals surface area (Å²) in [5, 5.41) is 6.85. The minimum absolute atomic E-state index is 0.114. The normalized spacial score (nSPS) is 11.0. The lowest BCUT2D eigenvalue weighted by Gasteiger charge is -2.17. The Hall–Kier alpha value is -1.99. The van der Waals surface area contributed by atoms with E-state index in [2.05, 4.69) is 41.5 Å². The minimum atomic E-state index is -0.114. The number of thiophene rings is 1. The van der Waals surface area contributed by atoms with Crippen LogP contribution in [0.25, 0.3) is 10.4 Å². The molecule has 0 fully saturated rings. The second kappa shape index (κ2) is 11.6. The van der Waals surface area contributed by atoms with Crippen LogP contribution in [0.1, 0.15) is 23.5 Å². The maximum atomic E-state index is 12.9. The summed E-state index contributed by atoms with van der Waals surface area (Å²) in [5.74, 6) is 0.943. The molecule has 0 aliphatic heterocycles. The van der Waals surface area contributed by atoms with Crippen LogP contribution in [0, 0.1) is 0 Å². The average molecular weight is 474 g/mol. The quantitative estimate of drug-likeness (QED) is 0.318. The van der Waals surface area contributed by atoms with Gasteiger partial charge in [-0.2, -0.15) is 0 Å². The average Bonchev–Trinajstić information content (AvgIpc) is 3.23. The first-order chi connectivity index (χ1) is 15.0. The molecule has 0 radical (unpaired) electrons. The number of hydrogen-bond acceptors (Lipinski definition) is 5. The number of carbonyl (C=O) groups excluding carboxylic acids is 1. The molecule has 2 N–H and O–H groups in total. The fourth-order valence-electron chi connectivity index (χ4n) is 3.16. The monoisotopic (exact) mass is 473 g/mol. The summed E-state index contributed by atoms with van der Waals surface area (Å²) in [6.45, 7) is 7.63. The smallest absolute Gasteiger partial charge is 0.267 e. The standard InChI is InChI=1S/C24H28ClN3OS2/c1-4-28(5-2)14-15-30-20-12-10-19(11-13-20)27-24(29)23-21(26-3)16-22(31-23)17-6-8-18(25)9-7-17/h6-13,16,26H,4-5,14-15H2,1-3H3,(H,27,29). The lowest BCUT2D eigenvalue weighted by molar-refractivity contribution is 0.103. The highest BCUT2D eigenvalue weighted by atomic mass is 35.5. The lowest BCUT2D eigenvalue weighted by Crippen LogP contribution is -2.25. The first-order valence-corrected chi connectivity index (χ1v) is 12.6. The van der Waals surface area contributed by atoms with Crippen LogP contribution >= 0.6 is 34.7 Å². The number of nitrogens with one attached hydrogen (secondary N) is 2. The molecular formula is C24H28ClN3OS2. The fraction of sp³-hybridized carbons (Fsp3) is 0.292. The number of hydrogen-bond donors (Lipinski definition) is 2. The summed E-state index contributed by atoms with van der Waals surface area (Å²) >= 11 is 9.30. The van der Waals surface area contributed by atoms with Crippen molar-refractivity contribution in [3.63, 3.8) is 0 Å². The molecule has 3 aromatic rings. The Morgan fingerprint density at radius 3 is 2.35 bits per heavy atom. The van der Waals surface area contributed by atoms with E-state index in [0.29, 0.717) is 9.90 Å². The molecule has 1 heterocycles. The van der Waals surface area contributed by atoms with E-state index in [0.717, 1.165) is 47.2 Å². The predicted octanol–water partition coefficient (Wildman–Crippen LogP) is 6.80. The first kappa shape index (κ1) is 23.7. The summed E-state index contributed by atoms with van der Waals surface area (Å²) < 4.78 is 0. The number of nitrogens with zero attached hydrogens (tertiary/aromatic N) is 1. The van der Waals surface area contributed by atoms with E-state index in [4.69, 9.17) is 11.6 Å². The number of halogens is 1. The van der Waals surface area contributed by atoms with Crippen LogP contribution in [0.3, 0.4) is 0 Å². The third-order valence-corrected chi connectivity index (χ3v) is 7.45. The molecular weight excluding hydrogens is 446 g/mol. The molecule has 0 aliphatic carbocycles. The second-order valence-corrected chi connectivity index (χ2v) is 9.62. The fourth-order valence-corrected chi connectivity index (χ4v) is 5.26. The van der Waals surface area contributed by atoms with E-state index in [1.54, 1.807) is 0 Å². The van der Waals surface area contributed by atoms with Gasteiger partial charge in [0.15, 0.2) is 0 Å². The lowest BCUT2D eigenvalue weighted by atomic mass is 10.2. The van der Waals surface area contributed by atoms with Crippen molar-refractivity contribution in [1.29, 1.82) is 0 Å². The molecule has 0 aliphatic rings. The summed E-state index contributed by atoms with van der Waals surface area (Å²) in [7, 11) is 1.83. The van der Waals surface area contributed by atoms with Crippen molar-refractivity contribution in [2.45, 2.75) is 18.7 Å². The number of benzene rings is 2. The van der Waals surface area contributed by atoms with Crippen LogP contribution in [-0.4, -0.2) is 43.2 Å². The van der Waals surface area contributed by atoms with Crippen LogP contribution in [0.2, 0.25) is 5.02 Å². The predicted molar refractivity (Wildman–Crippen MR) is 137 cm³/mol. The zero-order chi connectivity index (χ0) is 22.2. The molecule has 4 nitrogen and oxygen atoms in total. The molecule has 0 bridgehead atoms. The SMILES string of the molecule is CCN(CC)CCSc1ccc(NC(=O)c2sc(-c3ccc(Cl)cc3)cc2NC)cc1. The molecule has 1 aromatic heterocycles. The van der Waals surface area contributed by atoms with Crippen molar-refractivity contribution in [3.05, 3.63) is 64.5 Å². The van der Waals surface area contributed by atoms with E-state index in [-0.39, 0.29) is 5.91 Å². The van der Waals surface area contributed by atoms with Gasteiger partial charge in [0.1, 0.15) is 4.88 Å². The Kier molecular flexibility index (Phi) is 8.84. The van der Waals surface area contributed by atoms with Gasteiger partial charge in [-0.3, -0.25) is 4.79 Å². The van der Waals surface area contributed by atoms with Gasteiger partial charge in [-0.25, -0.2) is 0 Å². The minimum Gasteiger partial charge on any atom is -0.387 e. The van der Waals surface area contributed by atoms with Crippen molar-refractivity contribution in [1.82, 2.24) is 4.90 Å². The molecule has 0 atom stereocenters. The van der Waals surface area contributed by atoms with Crippen LogP contribution in [0.15, 0.2) is 59.5 Å². The third-order valence-electron chi connectivity index (χ3n) is 5.02. The summed E-state index contributed by atoms with van der Waals surface area (Å²) in [6, 6.07) is 17.7. The van der Waals surface area contributed by atoms with Crippen LogP contribution in [0.5, 0.6) is 0 Å². The summed E-state index contributed by atoms with van der Waals surface area (Å²) in [6.07, 6.45) is 0. The van der Waals surface area contributed by atoms with Crippen LogP contribution < -0.4 is 10.6 Å². The van der Waals surface area contributed by atoms with Gasteiger partial charge in [0.25, 0.3) is 5.91 Å². The highest BCUT2D eigenvalue weighted by Crippen LogP contribution is 2.35. The third kappa shape index (κ3) is 6.50. The Balaban J connectivity index is 1.64. The molecule has 0 unspecified atom stereocenters. The Labute approximate surface area is 198 Å². The second-order valence-electron chi connectivity index (χ2n) is 6.96.